The zero-order chi connectivity index (χ0) is 10.7. The number of nitrogens with zero attached hydrogens (tertiary/aromatic N) is 1. The molecular formula is C11H11N3S. The van der Waals surface area contributed by atoms with E-state index in [1.165, 1.54) is 0 Å². The van der Waals surface area contributed by atoms with Crippen molar-refractivity contribution in [3.8, 4) is 0 Å². The van der Waals surface area contributed by atoms with Crippen LogP contribution in [-0.2, 0) is 0 Å². The Morgan fingerprint density at radius 1 is 0.867 bits per heavy atom. The number of aromatic nitrogens is 1. The predicted octanol–water partition coefficient (Wildman–Crippen LogP) is 2.40. The van der Waals surface area contributed by atoms with Gasteiger partial charge in [-0.05, 0) is 24.3 Å². The molecule has 1 heterocycles. The molecule has 0 saturated carbocycles. The van der Waals surface area contributed by atoms with Crippen LogP contribution in [0.5, 0.6) is 0 Å². The van der Waals surface area contributed by atoms with Crippen molar-refractivity contribution >= 4 is 23.4 Å². The van der Waals surface area contributed by atoms with Crippen LogP contribution in [0.2, 0.25) is 0 Å². The third-order valence-corrected chi connectivity index (χ3v) is 2.80. The van der Waals surface area contributed by atoms with E-state index < -0.39 is 0 Å². The minimum atomic E-state index is 0.452. The van der Waals surface area contributed by atoms with Crippen LogP contribution in [0.25, 0.3) is 0 Å². The highest BCUT2D eigenvalue weighted by Gasteiger charge is 2.00. The largest absolute Gasteiger partial charge is 0.384 e. The molecule has 0 unspecified atom stereocenters. The topological polar surface area (TPSA) is 64.9 Å². The van der Waals surface area contributed by atoms with Crippen molar-refractivity contribution in [1.29, 1.82) is 0 Å². The molecule has 2 aromatic rings. The monoisotopic (exact) mass is 217 g/mol. The minimum Gasteiger partial charge on any atom is -0.384 e. The first kappa shape index (κ1) is 9.86. The Kier molecular flexibility index (Phi) is 2.78. The van der Waals surface area contributed by atoms with E-state index in [-0.39, 0.29) is 0 Å². The van der Waals surface area contributed by atoms with Gasteiger partial charge < -0.3 is 11.5 Å². The molecule has 1 aromatic carbocycles. The van der Waals surface area contributed by atoms with Gasteiger partial charge in [0, 0.05) is 9.79 Å². The molecule has 0 atom stereocenters. The first-order chi connectivity index (χ1) is 7.24. The van der Waals surface area contributed by atoms with E-state index >= 15 is 0 Å². The van der Waals surface area contributed by atoms with Gasteiger partial charge in [-0.3, -0.25) is 0 Å². The summed E-state index contributed by atoms with van der Waals surface area (Å²) in [6, 6.07) is 13.7. The number of nitrogen functional groups attached to an aromatic ring is 2. The van der Waals surface area contributed by atoms with Crippen LogP contribution in [0.3, 0.4) is 0 Å². The molecule has 0 radical (unpaired) electrons. The van der Waals surface area contributed by atoms with Gasteiger partial charge in [-0.2, -0.15) is 0 Å². The van der Waals surface area contributed by atoms with E-state index in [4.69, 9.17) is 11.5 Å². The lowest BCUT2D eigenvalue weighted by atomic mass is 10.4. The number of anilines is 2. The number of pyridine rings is 1. The van der Waals surface area contributed by atoms with Crippen molar-refractivity contribution in [2.24, 2.45) is 0 Å². The van der Waals surface area contributed by atoms with Crippen LogP contribution in [0, 0.1) is 0 Å². The molecule has 76 valence electrons. The van der Waals surface area contributed by atoms with E-state index in [1.54, 1.807) is 11.8 Å². The Hall–Kier alpha value is -1.68. The molecule has 0 fully saturated rings. The van der Waals surface area contributed by atoms with Crippen LogP contribution >= 0.6 is 11.8 Å². The van der Waals surface area contributed by atoms with Crippen LogP contribution in [0.1, 0.15) is 0 Å². The van der Waals surface area contributed by atoms with Crippen LogP contribution in [-0.4, -0.2) is 4.98 Å². The highest BCUT2D eigenvalue weighted by Crippen LogP contribution is 2.28. The quantitative estimate of drug-likeness (QED) is 0.810. The fraction of sp³-hybridized carbons (Fsp3) is 0. The first-order valence-electron chi connectivity index (χ1n) is 4.50. The summed E-state index contributed by atoms with van der Waals surface area (Å²) in [7, 11) is 0. The second-order valence-electron chi connectivity index (χ2n) is 3.07. The van der Waals surface area contributed by atoms with E-state index in [0.717, 1.165) is 9.79 Å². The van der Waals surface area contributed by atoms with Crippen LogP contribution in [0.15, 0.2) is 52.3 Å². The van der Waals surface area contributed by atoms with E-state index in [2.05, 4.69) is 4.98 Å². The van der Waals surface area contributed by atoms with Gasteiger partial charge in [-0.25, -0.2) is 4.98 Å². The number of nitrogens with two attached hydrogens (primary N) is 2. The maximum Gasteiger partial charge on any atom is 0.126 e. The van der Waals surface area contributed by atoms with Gasteiger partial charge in [-0.15, -0.1) is 0 Å². The van der Waals surface area contributed by atoms with Gasteiger partial charge in [-0.1, -0.05) is 30.0 Å². The maximum absolute atomic E-state index is 5.61. The Balaban J connectivity index is 2.25. The Bertz CT molecular complexity index is 436. The Morgan fingerprint density at radius 2 is 1.47 bits per heavy atom. The van der Waals surface area contributed by atoms with Gasteiger partial charge in [0.15, 0.2) is 0 Å². The summed E-state index contributed by atoms with van der Waals surface area (Å²) >= 11 is 1.62. The SMILES string of the molecule is Nc1cc(Sc2ccccc2)cc(N)n1. The Labute approximate surface area is 92.5 Å². The molecule has 0 bridgehead atoms. The molecule has 4 heteroatoms. The van der Waals surface area contributed by atoms with Crippen LogP contribution in [0.4, 0.5) is 11.6 Å². The third kappa shape index (κ3) is 2.63. The van der Waals surface area contributed by atoms with Gasteiger partial charge in [0.2, 0.25) is 0 Å². The molecule has 0 saturated heterocycles. The summed E-state index contributed by atoms with van der Waals surface area (Å²) in [6.45, 7) is 0. The molecule has 1 aromatic heterocycles. The van der Waals surface area contributed by atoms with E-state index in [9.17, 15) is 0 Å². The van der Waals surface area contributed by atoms with Crippen LogP contribution < -0.4 is 11.5 Å². The second-order valence-corrected chi connectivity index (χ2v) is 4.21. The smallest absolute Gasteiger partial charge is 0.126 e. The van der Waals surface area contributed by atoms with Crippen molar-refractivity contribution in [2.45, 2.75) is 9.79 Å². The summed E-state index contributed by atoms with van der Waals surface area (Å²) < 4.78 is 0. The average molecular weight is 217 g/mol. The highest BCUT2D eigenvalue weighted by atomic mass is 32.2. The second kappa shape index (κ2) is 4.23. The molecule has 0 amide bonds. The zero-order valence-corrected chi connectivity index (χ0v) is 8.87. The predicted molar refractivity (Wildman–Crippen MR) is 63.6 cm³/mol. The van der Waals surface area contributed by atoms with Gasteiger partial charge in [0.25, 0.3) is 0 Å². The maximum atomic E-state index is 5.61. The lowest BCUT2D eigenvalue weighted by Crippen LogP contribution is -1.95. The number of benzene rings is 1. The van der Waals surface area contributed by atoms with Crippen molar-refractivity contribution < 1.29 is 0 Å². The summed E-state index contributed by atoms with van der Waals surface area (Å²) in [6.07, 6.45) is 0. The summed E-state index contributed by atoms with van der Waals surface area (Å²) in [5.41, 5.74) is 11.2. The van der Waals surface area contributed by atoms with E-state index in [0.29, 0.717) is 11.6 Å². The molecule has 0 spiro atoms. The minimum absolute atomic E-state index is 0.452. The summed E-state index contributed by atoms with van der Waals surface area (Å²) in [5.74, 6) is 0.905. The van der Waals surface area contributed by atoms with Gasteiger partial charge in [0.05, 0.1) is 0 Å². The molecular weight excluding hydrogens is 206 g/mol. The fourth-order valence-electron chi connectivity index (χ4n) is 1.23. The fourth-order valence-corrected chi connectivity index (χ4v) is 2.16. The highest BCUT2D eigenvalue weighted by molar-refractivity contribution is 7.99. The molecule has 2 rings (SSSR count). The molecule has 0 aliphatic rings. The lowest BCUT2D eigenvalue weighted by Gasteiger charge is -2.03. The number of hydrogen-bond donors (Lipinski definition) is 2. The van der Waals surface area contributed by atoms with Crippen molar-refractivity contribution in [3.05, 3.63) is 42.5 Å². The molecule has 0 aliphatic heterocycles. The van der Waals surface area contributed by atoms with Crippen molar-refractivity contribution in [2.75, 3.05) is 11.5 Å². The zero-order valence-electron chi connectivity index (χ0n) is 8.05. The normalized spacial score (nSPS) is 10.1. The van der Waals surface area contributed by atoms with Crippen molar-refractivity contribution in [3.63, 3.8) is 0 Å². The Morgan fingerprint density at radius 3 is 2.07 bits per heavy atom. The van der Waals surface area contributed by atoms with Crippen molar-refractivity contribution in [1.82, 2.24) is 4.98 Å². The summed E-state index contributed by atoms with van der Waals surface area (Å²) in [5, 5.41) is 0. The molecule has 3 nitrogen and oxygen atoms in total. The molecule has 4 N–H and O–H groups in total. The third-order valence-electron chi connectivity index (χ3n) is 1.82. The first-order valence-corrected chi connectivity index (χ1v) is 5.31. The number of hydrogen-bond acceptors (Lipinski definition) is 4. The van der Waals surface area contributed by atoms with Gasteiger partial charge >= 0.3 is 0 Å². The average Bonchev–Trinajstić information content (AvgIpc) is 2.17. The lowest BCUT2D eigenvalue weighted by molar-refractivity contribution is 1.28. The van der Waals surface area contributed by atoms with E-state index in [1.807, 2.05) is 42.5 Å². The van der Waals surface area contributed by atoms with Gasteiger partial charge in [0.1, 0.15) is 11.6 Å². The summed E-state index contributed by atoms with van der Waals surface area (Å²) in [4.78, 5) is 6.08. The standard InChI is InChI=1S/C11H11N3S/c12-10-6-9(7-11(13)14-10)15-8-4-2-1-3-5-8/h1-7H,(H4,12,13,14). The molecule has 15 heavy (non-hydrogen) atoms. The molecule has 0 aliphatic carbocycles. The number of rotatable bonds is 2.